The fraction of sp³-hybridized carbons (Fsp3) is 0.0714. The second-order valence-corrected chi connectivity index (χ2v) is 6.85. The Morgan fingerprint density at radius 1 is 1.21 bits per heavy atom. The van der Waals surface area contributed by atoms with Crippen LogP contribution in [0.2, 0.25) is 0 Å². The quantitative estimate of drug-likeness (QED) is 0.561. The van der Waals surface area contributed by atoms with Crippen LogP contribution < -0.4 is 0 Å². The molecule has 96 valence electrons. The molecule has 0 aliphatic carbocycles. The zero-order chi connectivity index (χ0) is 13.4. The lowest BCUT2D eigenvalue weighted by atomic mass is 10.2. The van der Waals surface area contributed by atoms with Gasteiger partial charge in [-0.25, -0.2) is 0 Å². The number of carbonyl (C=O) groups is 1. The summed E-state index contributed by atoms with van der Waals surface area (Å²) >= 11 is 8.33. The summed E-state index contributed by atoms with van der Waals surface area (Å²) in [7, 11) is 0. The first-order valence-electron chi connectivity index (χ1n) is 5.66. The van der Waals surface area contributed by atoms with E-state index in [0.29, 0.717) is 6.54 Å². The van der Waals surface area contributed by atoms with Crippen LogP contribution in [0.5, 0.6) is 0 Å². The van der Waals surface area contributed by atoms with E-state index in [1.807, 2.05) is 40.4 Å². The number of aromatic nitrogens is 1. The SMILES string of the molecule is O=C(Cn1ccc2cc(Br)ccc21)c1sccc1Br. The molecule has 2 aromatic heterocycles. The number of nitrogens with zero attached hydrogens (tertiary/aromatic N) is 1. The van der Waals surface area contributed by atoms with Gasteiger partial charge in [-0.1, -0.05) is 15.9 Å². The molecule has 0 atom stereocenters. The largest absolute Gasteiger partial charge is 0.340 e. The minimum Gasteiger partial charge on any atom is -0.340 e. The molecule has 0 amide bonds. The van der Waals surface area contributed by atoms with Crippen molar-refractivity contribution in [1.29, 1.82) is 0 Å². The highest BCUT2D eigenvalue weighted by Crippen LogP contribution is 2.25. The van der Waals surface area contributed by atoms with Crippen LogP contribution in [0.1, 0.15) is 9.67 Å². The van der Waals surface area contributed by atoms with E-state index in [-0.39, 0.29) is 5.78 Å². The van der Waals surface area contributed by atoms with Crippen LogP contribution in [0, 0.1) is 0 Å². The van der Waals surface area contributed by atoms with Crippen molar-refractivity contribution in [2.75, 3.05) is 0 Å². The number of rotatable bonds is 3. The van der Waals surface area contributed by atoms with Gasteiger partial charge < -0.3 is 4.57 Å². The molecule has 0 saturated carbocycles. The molecule has 0 saturated heterocycles. The van der Waals surface area contributed by atoms with Crippen molar-refractivity contribution >= 4 is 59.9 Å². The van der Waals surface area contributed by atoms with Crippen molar-refractivity contribution in [2.45, 2.75) is 6.54 Å². The lowest BCUT2D eigenvalue weighted by molar-refractivity contribution is 0.0977. The number of benzene rings is 1. The van der Waals surface area contributed by atoms with Crippen LogP contribution in [0.25, 0.3) is 10.9 Å². The fourth-order valence-electron chi connectivity index (χ4n) is 2.03. The number of fused-ring (bicyclic) bond motifs is 1. The monoisotopic (exact) mass is 397 g/mol. The van der Waals surface area contributed by atoms with Gasteiger partial charge in [-0.05, 0) is 51.6 Å². The van der Waals surface area contributed by atoms with Gasteiger partial charge >= 0.3 is 0 Å². The second kappa shape index (κ2) is 5.23. The molecule has 2 heterocycles. The predicted octanol–water partition coefficient (Wildman–Crippen LogP) is 5.11. The molecule has 2 nitrogen and oxygen atoms in total. The third-order valence-corrected chi connectivity index (χ3v) is 5.29. The van der Waals surface area contributed by atoms with Crippen LogP contribution in [-0.2, 0) is 6.54 Å². The molecule has 0 unspecified atom stereocenters. The summed E-state index contributed by atoms with van der Waals surface area (Å²) < 4.78 is 3.91. The van der Waals surface area contributed by atoms with E-state index >= 15 is 0 Å². The highest BCUT2D eigenvalue weighted by Gasteiger charge is 2.13. The lowest BCUT2D eigenvalue weighted by Crippen LogP contribution is -2.08. The molecule has 5 heteroatoms. The number of hydrogen-bond donors (Lipinski definition) is 0. The minimum absolute atomic E-state index is 0.127. The van der Waals surface area contributed by atoms with Crippen molar-refractivity contribution < 1.29 is 4.79 Å². The van der Waals surface area contributed by atoms with E-state index in [9.17, 15) is 4.79 Å². The van der Waals surface area contributed by atoms with Gasteiger partial charge in [0, 0.05) is 26.0 Å². The number of thiophene rings is 1. The molecule has 0 aliphatic heterocycles. The summed E-state index contributed by atoms with van der Waals surface area (Å²) in [6.45, 7) is 0.365. The Labute approximate surface area is 131 Å². The van der Waals surface area contributed by atoms with Gasteiger partial charge in [0.25, 0.3) is 0 Å². The van der Waals surface area contributed by atoms with Crippen LogP contribution >= 0.6 is 43.2 Å². The number of halogens is 2. The van der Waals surface area contributed by atoms with E-state index in [4.69, 9.17) is 0 Å². The molecule has 19 heavy (non-hydrogen) atoms. The third kappa shape index (κ3) is 2.55. The molecule has 0 spiro atoms. The van der Waals surface area contributed by atoms with Crippen molar-refractivity contribution in [3.05, 3.63) is 55.7 Å². The third-order valence-electron chi connectivity index (χ3n) is 2.92. The summed E-state index contributed by atoms with van der Waals surface area (Å²) in [4.78, 5) is 13.0. The van der Waals surface area contributed by atoms with E-state index in [2.05, 4.69) is 37.9 Å². The van der Waals surface area contributed by atoms with Crippen molar-refractivity contribution in [1.82, 2.24) is 4.57 Å². The topological polar surface area (TPSA) is 22.0 Å². The molecule has 1 aromatic carbocycles. The van der Waals surface area contributed by atoms with Crippen LogP contribution in [0.3, 0.4) is 0 Å². The molecule has 0 fully saturated rings. The van der Waals surface area contributed by atoms with Gasteiger partial charge in [0.2, 0.25) is 0 Å². The predicted molar refractivity (Wildman–Crippen MR) is 86.0 cm³/mol. The lowest BCUT2D eigenvalue weighted by Gasteiger charge is -2.04. The molecule has 0 radical (unpaired) electrons. The Balaban J connectivity index is 1.94. The first-order chi connectivity index (χ1) is 9.15. The van der Waals surface area contributed by atoms with E-state index in [1.165, 1.54) is 11.3 Å². The number of ketones is 1. The number of carbonyl (C=O) groups excluding carboxylic acids is 1. The van der Waals surface area contributed by atoms with Crippen LogP contribution in [-0.4, -0.2) is 10.4 Å². The van der Waals surface area contributed by atoms with E-state index < -0.39 is 0 Å². The molecule has 0 N–H and O–H groups in total. The molecule has 0 bridgehead atoms. The van der Waals surface area contributed by atoms with Crippen LogP contribution in [0.4, 0.5) is 0 Å². The molecular formula is C14H9Br2NOS. The normalized spacial score (nSPS) is 11.1. The Kier molecular flexibility index (Phi) is 3.60. The van der Waals surface area contributed by atoms with Crippen molar-refractivity contribution in [2.24, 2.45) is 0 Å². The van der Waals surface area contributed by atoms with Crippen molar-refractivity contribution in [3.63, 3.8) is 0 Å². The first kappa shape index (κ1) is 13.1. The fourth-order valence-corrected chi connectivity index (χ4v) is 3.93. The summed E-state index contributed by atoms with van der Waals surface area (Å²) in [6, 6.07) is 10.00. The standard InChI is InChI=1S/C14H9Br2NOS/c15-10-1-2-12-9(7-10)3-5-17(12)8-13(18)14-11(16)4-6-19-14/h1-7H,8H2. The summed E-state index contributed by atoms with van der Waals surface area (Å²) in [6.07, 6.45) is 1.95. The van der Waals surface area contributed by atoms with Gasteiger partial charge in [0.15, 0.2) is 5.78 Å². The summed E-state index contributed by atoms with van der Waals surface area (Å²) in [5, 5.41) is 3.05. The van der Waals surface area contributed by atoms with Crippen LogP contribution in [0.15, 0.2) is 50.9 Å². The Morgan fingerprint density at radius 3 is 2.79 bits per heavy atom. The van der Waals surface area contributed by atoms with Gasteiger partial charge in [-0.3, -0.25) is 4.79 Å². The minimum atomic E-state index is 0.127. The Bertz CT molecular complexity index is 760. The number of hydrogen-bond acceptors (Lipinski definition) is 2. The van der Waals surface area contributed by atoms with Gasteiger partial charge in [0.1, 0.15) is 0 Å². The number of Topliss-reactive ketones (excluding diaryl/α,β-unsaturated/α-hetero) is 1. The molecule has 0 aliphatic rings. The highest BCUT2D eigenvalue weighted by atomic mass is 79.9. The van der Waals surface area contributed by atoms with Gasteiger partial charge in [0.05, 0.1) is 11.4 Å². The average Bonchev–Trinajstić information content (AvgIpc) is 2.96. The zero-order valence-corrected chi connectivity index (χ0v) is 13.8. The molecule has 3 rings (SSSR count). The molecule has 3 aromatic rings. The van der Waals surface area contributed by atoms with E-state index in [0.717, 1.165) is 24.7 Å². The van der Waals surface area contributed by atoms with E-state index in [1.54, 1.807) is 0 Å². The average molecular weight is 399 g/mol. The second-order valence-electron chi connectivity index (χ2n) is 4.17. The Morgan fingerprint density at radius 2 is 2.05 bits per heavy atom. The maximum atomic E-state index is 12.3. The summed E-state index contributed by atoms with van der Waals surface area (Å²) in [5.74, 6) is 0.127. The molecular weight excluding hydrogens is 390 g/mol. The van der Waals surface area contributed by atoms with Gasteiger partial charge in [-0.2, -0.15) is 0 Å². The first-order valence-corrected chi connectivity index (χ1v) is 8.12. The van der Waals surface area contributed by atoms with Gasteiger partial charge in [-0.15, -0.1) is 11.3 Å². The zero-order valence-electron chi connectivity index (χ0n) is 9.77. The smallest absolute Gasteiger partial charge is 0.193 e. The highest BCUT2D eigenvalue weighted by molar-refractivity contribution is 9.10. The Hall–Kier alpha value is -0.910. The van der Waals surface area contributed by atoms with Crippen molar-refractivity contribution in [3.8, 4) is 0 Å². The maximum absolute atomic E-state index is 12.3. The summed E-state index contributed by atoms with van der Waals surface area (Å²) in [5.41, 5.74) is 1.07. The maximum Gasteiger partial charge on any atom is 0.193 e.